The Morgan fingerprint density at radius 1 is 1.26 bits per heavy atom. The molecule has 0 saturated heterocycles. The zero-order valence-electron chi connectivity index (χ0n) is 13.2. The van der Waals surface area contributed by atoms with Gasteiger partial charge in [-0.25, -0.2) is 9.97 Å². The van der Waals surface area contributed by atoms with Crippen LogP contribution in [0.2, 0.25) is 0 Å². The molecule has 0 aliphatic rings. The van der Waals surface area contributed by atoms with Gasteiger partial charge in [0.25, 0.3) is 0 Å². The maximum atomic E-state index is 11.6. The SMILES string of the molecule is CCCCOc1cccc2c1ccn2-c1ccnc(S(C)=O)n1. The monoisotopic (exact) mass is 329 g/mol. The Kier molecular flexibility index (Phi) is 4.71. The first-order chi connectivity index (χ1) is 11.2. The third kappa shape index (κ3) is 3.27. The van der Waals surface area contributed by atoms with Crippen LogP contribution >= 0.6 is 0 Å². The van der Waals surface area contributed by atoms with Crippen LogP contribution < -0.4 is 4.74 Å². The largest absolute Gasteiger partial charge is 0.493 e. The van der Waals surface area contributed by atoms with Gasteiger partial charge in [-0.2, -0.15) is 0 Å². The van der Waals surface area contributed by atoms with Gasteiger partial charge >= 0.3 is 0 Å². The van der Waals surface area contributed by atoms with Gasteiger partial charge in [0.1, 0.15) is 11.6 Å². The minimum atomic E-state index is -1.20. The number of fused-ring (bicyclic) bond motifs is 1. The molecule has 3 aromatic rings. The first-order valence-corrected chi connectivity index (χ1v) is 9.16. The molecule has 1 atom stereocenters. The summed E-state index contributed by atoms with van der Waals surface area (Å²) in [6.07, 6.45) is 7.30. The molecule has 0 aliphatic heterocycles. The Balaban J connectivity index is 2.01. The predicted molar refractivity (Wildman–Crippen MR) is 91.6 cm³/mol. The van der Waals surface area contributed by atoms with Gasteiger partial charge in [0.2, 0.25) is 5.16 Å². The van der Waals surface area contributed by atoms with Gasteiger partial charge < -0.3 is 9.30 Å². The zero-order valence-corrected chi connectivity index (χ0v) is 14.0. The van der Waals surface area contributed by atoms with Crippen molar-refractivity contribution in [2.75, 3.05) is 12.9 Å². The Labute approximate surface area is 137 Å². The molecule has 0 saturated carbocycles. The van der Waals surface area contributed by atoms with Gasteiger partial charge in [0.15, 0.2) is 0 Å². The van der Waals surface area contributed by atoms with Crippen LogP contribution in [0.1, 0.15) is 19.8 Å². The summed E-state index contributed by atoms with van der Waals surface area (Å²) in [7, 11) is -1.20. The first-order valence-electron chi connectivity index (χ1n) is 7.60. The molecule has 120 valence electrons. The highest BCUT2D eigenvalue weighted by Gasteiger charge is 2.10. The normalized spacial score (nSPS) is 12.4. The molecule has 1 unspecified atom stereocenters. The lowest BCUT2D eigenvalue weighted by Crippen LogP contribution is -2.02. The molecule has 0 N–H and O–H groups in total. The van der Waals surface area contributed by atoms with E-state index in [9.17, 15) is 4.21 Å². The number of aromatic nitrogens is 3. The van der Waals surface area contributed by atoms with E-state index < -0.39 is 10.8 Å². The number of unbranched alkanes of at least 4 members (excludes halogenated alkanes) is 1. The fourth-order valence-corrected chi connectivity index (χ4v) is 2.83. The third-order valence-corrected chi connectivity index (χ3v) is 4.28. The molecule has 23 heavy (non-hydrogen) atoms. The summed E-state index contributed by atoms with van der Waals surface area (Å²) in [5.74, 6) is 1.58. The standard InChI is InChI=1S/C17H19N3O2S/c1-3-4-12-22-15-7-5-6-14-13(15)9-11-20(14)16-8-10-18-17(19-16)23(2)21/h5-11H,3-4,12H2,1-2H3. The first kappa shape index (κ1) is 15.7. The second-order valence-corrected chi connectivity index (χ2v) is 6.50. The summed E-state index contributed by atoms with van der Waals surface area (Å²) < 4.78 is 19.4. The molecular formula is C17H19N3O2S. The second kappa shape index (κ2) is 6.91. The number of rotatable bonds is 6. The van der Waals surface area contributed by atoms with Gasteiger partial charge in [-0.05, 0) is 30.7 Å². The lowest BCUT2D eigenvalue weighted by atomic mass is 10.2. The van der Waals surface area contributed by atoms with Crippen LogP contribution in [0.4, 0.5) is 0 Å². The Hall–Kier alpha value is -2.21. The topological polar surface area (TPSA) is 57.0 Å². The fourth-order valence-electron chi connectivity index (χ4n) is 2.40. The van der Waals surface area contributed by atoms with Crippen molar-refractivity contribution in [1.82, 2.24) is 14.5 Å². The van der Waals surface area contributed by atoms with Crippen LogP contribution in [0, 0.1) is 0 Å². The average molecular weight is 329 g/mol. The van der Waals surface area contributed by atoms with Crippen LogP contribution in [-0.4, -0.2) is 31.6 Å². The van der Waals surface area contributed by atoms with Crippen LogP contribution in [0.25, 0.3) is 16.7 Å². The van der Waals surface area contributed by atoms with Gasteiger partial charge in [-0.3, -0.25) is 4.21 Å². The van der Waals surface area contributed by atoms with Gasteiger partial charge in [-0.1, -0.05) is 19.4 Å². The van der Waals surface area contributed by atoms with Crippen LogP contribution in [0.15, 0.2) is 47.9 Å². The molecule has 0 bridgehead atoms. The molecule has 0 radical (unpaired) electrons. The van der Waals surface area contributed by atoms with E-state index in [0.29, 0.717) is 17.6 Å². The highest BCUT2D eigenvalue weighted by molar-refractivity contribution is 7.84. The highest BCUT2D eigenvalue weighted by Crippen LogP contribution is 2.28. The van der Waals surface area contributed by atoms with Crippen LogP contribution in [0.5, 0.6) is 5.75 Å². The molecule has 2 aromatic heterocycles. The minimum absolute atomic E-state index is 0.333. The molecule has 5 nitrogen and oxygen atoms in total. The maximum Gasteiger partial charge on any atom is 0.220 e. The van der Waals surface area contributed by atoms with Gasteiger partial charge in [0, 0.05) is 24.0 Å². The molecule has 0 aliphatic carbocycles. The van der Waals surface area contributed by atoms with Gasteiger partial charge in [-0.15, -0.1) is 0 Å². The van der Waals surface area contributed by atoms with E-state index in [1.165, 1.54) is 0 Å². The predicted octanol–water partition coefficient (Wildman–Crippen LogP) is 3.34. The number of nitrogens with zero attached hydrogens (tertiary/aromatic N) is 3. The summed E-state index contributed by atoms with van der Waals surface area (Å²) in [6.45, 7) is 2.86. The number of ether oxygens (including phenoxy) is 1. The Morgan fingerprint density at radius 3 is 2.91 bits per heavy atom. The van der Waals surface area contributed by atoms with Crippen molar-refractivity contribution >= 4 is 21.7 Å². The van der Waals surface area contributed by atoms with Crippen LogP contribution in [0.3, 0.4) is 0 Å². The minimum Gasteiger partial charge on any atom is -0.493 e. The summed E-state index contributed by atoms with van der Waals surface area (Å²) >= 11 is 0. The van der Waals surface area contributed by atoms with Crippen molar-refractivity contribution in [3.63, 3.8) is 0 Å². The quantitative estimate of drug-likeness (QED) is 0.514. The van der Waals surface area contributed by atoms with E-state index >= 15 is 0 Å². The number of hydrogen-bond acceptors (Lipinski definition) is 4. The lowest BCUT2D eigenvalue weighted by Gasteiger charge is -2.08. The molecule has 2 heterocycles. The molecular weight excluding hydrogens is 310 g/mol. The molecule has 0 amide bonds. The van der Waals surface area contributed by atoms with Gasteiger partial charge in [0.05, 0.1) is 22.9 Å². The molecule has 0 spiro atoms. The Morgan fingerprint density at radius 2 is 2.13 bits per heavy atom. The van der Waals surface area contributed by atoms with E-state index in [0.717, 1.165) is 29.5 Å². The van der Waals surface area contributed by atoms with E-state index in [1.54, 1.807) is 18.5 Å². The van der Waals surface area contributed by atoms with Crippen molar-refractivity contribution < 1.29 is 8.95 Å². The summed E-state index contributed by atoms with van der Waals surface area (Å²) in [5, 5.41) is 1.38. The van der Waals surface area contributed by atoms with Crippen molar-refractivity contribution in [2.24, 2.45) is 0 Å². The molecule has 6 heteroatoms. The number of benzene rings is 1. The summed E-state index contributed by atoms with van der Waals surface area (Å²) in [5.41, 5.74) is 1.01. The second-order valence-electron chi connectivity index (χ2n) is 5.23. The number of hydrogen-bond donors (Lipinski definition) is 0. The smallest absolute Gasteiger partial charge is 0.220 e. The average Bonchev–Trinajstić information content (AvgIpc) is 3.00. The van der Waals surface area contributed by atoms with E-state index in [1.807, 2.05) is 35.0 Å². The van der Waals surface area contributed by atoms with E-state index in [2.05, 4.69) is 16.9 Å². The maximum absolute atomic E-state index is 11.6. The zero-order chi connectivity index (χ0) is 16.2. The highest BCUT2D eigenvalue weighted by atomic mass is 32.2. The van der Waals surface area contributed by atoms with Crippen molar-refractivity contribution in [3.05, 3.63) is 42.7 Å². The van der Waals surface area contributed by atoms with E-state index in [-0.39, 0.29) is 0 Å². The van der Waals surface area contributed by atoms with Crippen molar-refractivity contribution in [2.45, 2.75) is 24.9 Å². The third-order valence-electron chi connectivity index (χ3n) is 3.57. The van der Waals surface area contributed by atoms with Crippen LogP contribution in [-0.2, 0) is 10.8 Å². The Bertz CT molecular complexity index is 845. The molecule has 3 rings (SSSR count). The summed E-state index contributed by atoms with van der Waals surface area (Å²) in [6, 6.07) is 9.80. The molecule has 0 fully saturated rings. The summed E-state index contributed by atoms with van der Waals surface area (Å²) in [4.78, 5) is 8.43. The van der Waals surface area contributed by atoms with Crippen molar-refractivity contribution in [3.8, 4) is 11.6 Å². The lowest BCUT2D eigenvalue weighted by molar-refractivity contribution is 0.313. The van der Waals surface area contributed by atoms with E-state index in [4.69, 9.17) is 4.74 Å². The fraction of sp³-hybridized carbons (Fsp3) is 0.294. The molecule has 1 aromatic carbocycles. The van der Waals surface area contributed by atoms with Crippen molar-refractivity contribution in [1.29, 1.82) is 0 Å².